The summed E-state index contributed by atoms with van der Waals surface area (Å²) >= 11 is 0. The molecule has 27 heavy (non-hydrogen) atoms. The predicted octanol–water partition coefficient (Wildman–Crippen LogP) is 3.01. The number of para-hydroxylation sites is 1. The van der Waals surface area contributed by atoms with Crippen molar-refractivity contribution < 1.29 is 18.6 Å². The van der Waals surface area contributed by atoms with Gasteiger partial charge in [0, 0.05) is 37.8 Å². The predicted molar refractivity (Wildman–Crippen MR) is 103 cm³/mol. The maximum atomic E-state index is 13.8. The Morgan fingerprint density at radius 2 is 1.89 bits per heavy atom. The number of benzene rings is 2. The maximum absolute atomic E-state index is 13.8. The highest BCUT2D eigenvalue weighted by molar-refractivity contribution is 5.46. The molecule has 1 heterocycles. The Labute approximate surface area is 160 Å². The van der Waals surface area contributed by atoms with Gasteiger partial charge in [-0.05, 0) is 23.8 Å². The number of nitrogens with one attached hydrogen (secondary N) is 1. The molecule has 0 spiro atoms. The van der Waals surface area contributed by atoms with E-state index in [1.165, 1.54) is 6.07 Å². The first-order chi connectivity index (χ1) is 13.2. The average Bonchev–Trinajstić information content (AvgIpc) is 2.71. The van der Waals surface area contributed by atoms with Crippen LogP contribution in [0.1, 0.15) is 17.2 Å². The van der Waals surface area contributed by atoms with Crippen LogP contribution in [0.15, 0.2) is 42.5 Å². The van der Waals surface area contributed by atoms with E-state index in [9.17, 15) is 4.39 Å². The smallest absolute Gasteiger partial charge is 0.165 e. The lowest BCUT2D eigenvalue weighted by molar-refractivity contribution is 0.0160. The van der Waals surface area contributed by atoms with E-state index in [0.29, 0.717) is 32.1 Å². The van der Waals surface area contributed by atoms with E-state index in [1.807, 2.05) is 24.3 Å². The molecule has 1 saturated heterocycles. The Kier molecular flexibility index (Phi) is 7.04. The fourth-order valence-corrected chi connectivity index (χ4v) is 3.50. The van der Waals surface area contributed by atoms with Crippen LogP contribution in [-0.2, 0) is 11.3 Å². The third-order valence-corrected chi connectivity index (χ3v) is 4.86. The van der Waals surface area contributed by atoms with Gasteiger partial charge < -0.3 is 19.5 Å². The lowest BCUT2D eigenvalue weighted by Crippen LogP contribution is -2.42. The summed E-state index contributed by atoms with van der Waals surface area (Å²) in [7, 11) is 3.28. The van der Waals surface area contributed by atoms with Crippen LogP contribution in [0, 0.1) is 5.82 Å². The molecule has 0 radical (unpaired) electrons. The molecule has 146 valence electrons. The zero-order chi connectivity index (χ0) is 19.1. The summed E-state index contributed by atoms with van der Waals surface area (Å²) in [5.74, 6) is 1.24. The molecule has 0 saturated carbocycles. The summed E-state index contributed by atoms with van der Waals surface area (Å²) in [6.45, 7) is 4.42. The fourth-order valence-electron chi connectivity index (χ4n) is 3.50. The van der Waals surface area contributed by atoms with E-state index in [1.54, 1.807) is 26.4 Å². The van der Waals surface area contributed by atoms with E-state index in [0.717, 1.165) is 30.0 Å². The number of halogens is 1. The van der Waals surface area contributed by atoms with Crippen LogP contribution in [0.4, 0.5) is 4.39 Å². The molecule has 0 amide bonds. The van der Waals surface area contributed by atoms with Crippen LogP contribution < -0.4 is 14.8 Å². The molecule has 6 heteroatoms. The van der Waals surface area contributed by atoms with Gasteiger partial charge in [0.2, 0.25) is 0 Å². The molecule has 2 aromatic rings. The molecule has 3 rings (SSSR count). The molecule has 1 N–H and O–H groups in total. The maximum Gasteiger partial charge on any atom is 0.165 e. The minimum Gasteiger partial charge on any atom is -0.493 e. The monoisotopic (exact) mass is 374 g/mol. The number of nitrogens with zero attached hydrogens (tertiary/aromatic N) is 1. The Morgan fingerprint density at radius 3 is 2.59 bits per heavy atom. The topological polar surface area (TPSA) is 43.0 Å². The number of rotatable bonds is 8. The molecule has 5 nitrogen and oxygen atoms in total. The summed E-state index contributed by atoms with van der Waals surface area (Å²) in [6.07, 6.45) is 0. The second-order valence-corrected chi connectivity index (χ2v) is 6.50. The molecule has 1 atom stereocenters. The summed E-state index contributed by atoms with van der Waals surface area (Å²) < 4.78 is 30.1. The Morgan fingerprint density at radius 1 is 1.11 bits per heavy atom. The average molecular weight is 374 g/mol. The minimum atomic E-state index is -0.208. The van der Waals surface area contributed by atoms with Crippen LogP contribution in [0.25, 0.3) is 0 Å². The van der Waals surface area contributed by atoms with Crippen molar-refractivity contribution in [2.24, 2.45) is 0 Å². The van der Waals surface area contributed by atoms with Gasteiger partial charge >= 0.3 is 0 Å². The highest BCUT2D eigenvalue weighted by Gasteiger charge is 2.23. The molecule has 1 aliphatic rings. The minimum absolute atomic E-state index is 0.0844. The van der Waals surface area contributed by atoms with E-state index in [4.69, 9.17) is 14.2 Å². The number of hydrogen-bond acceptors (Lipinski definition) is 5. The summed E-state index contributed by atoms with van der Waals surface area (Å²) in [5, 5.41) is 3.50. The molecule has 0 aliphatic carbocycles. The Hall–Kier alpha value is -2.15. The highest BCUT2D eigenvalue weighted by atomic mass is 19.1. The van der Waals surface area contributed by atoms with E-state index in [-0.39, 0.29) is 11.9 Å². The number of morpholine rings is 1. The summed E-state index contributed by atoms with van der Waals surface area (Å²) in [4.78, 5) is 2.34. The molecular weight excluding hydrogens is 347 g/mol. The zero-order valence-electron chi connectivity index (χ0n) is 15.9. The van der Waals surface area contributed by atoms with Crippen LogP contribution in [0.3, 0.4) is 0 Å². The SMILES string of the molecule is COc1cccc(CNCC(c2cccc(F)c2)N2CCOCC2)c1OC. The van der Waals surface area contributed by atoms with Gasteiger partial charge in [-0.2, -0.15) is 0 Å². The third kappa shape index (κ3) is 4.97. The Balaban J connectivity index is 1.71. The summed E-state index contributed by atoms with van der Waals surface area (Å²) in [5.41, 5.74) is 2.00. The highest BCUT2D eigenvalue weighted by Crippen LogP contribution is 2.30. The van der Waals surface area contributed by atoms with Gasteiger partial charge in [-0.1, -0.05) is 24.3 Å². The lowest BCUT2D eigenvalue weighted by Gasteiger charge is -2.35. The molecular formula is C21H27FN2O3. The zero-order valence-corrected chi connectivity index (χ0v) is 15.9. The third-order valence-electron chi connectivity index (χ3n) is 4.86. The largest absolute Gasteiger partial charge is 0.493 e. The van der Waals surface area contributed by atoms with Crippen LogP contribution in [-0.4, -0.2) is 52.0 Å². The first kappa shape index (κ1) is 19.6. The van der Waals surface area contributed by atoms with Crippen LogP contribution >= 0.6 is 0 Å². The van der Waals surface area contributed by atoms with E-state index < -0.39 is 0 Å². The van der Waals surface area contributed by atoms with Crippen molar-refractivity contribution in [3.8, 4) is 11.5 Å². The van der Waals surface area contributed by atoms with Gasteiger partial charge in [-0.15, -0.1) is 0 Å². The van der Waals surface area contributed by atoms with E-state index >= 15 is 0 Å². The van der Waals surface area contributed by atoms with Crippen molar-refractivity contribution in [2.45, 2.75) is 12.6 Å². The van der Waals surface area contributed by atoms with Gasteiger partial charge in [0.1, 0.15) is 5.82 Å². The van der Waals surface area contributed by atoms with Crippen molar-refractivity contribution in [1.82, 2.24) is 10.2 Å². The fraction of sp³-hybridized carbons (Fsp3) is 0.429. The standard InChI is InChI=1S/C21H27FN2O3/c1-25-20-8-4-6-17(21(20)26-2)14-23-15-19(24-9-11-27-12-10-24)16-5-3-7-18(22)13-16/h3-8,13,19,23H,9-12,14-15H2,1-2H3. The van der Waals surface area contributed by atoms with Crippen molar-refractivity contribution in [3.63, 3.8) is 0 Å². The molecule has 2 aromatic carbocycles. The second-order valence-electron chi connectivity index (χ2n) is 6.50. The number of ether oxygens (including phenoxy) is 3. The van der Waals surface area contributed by atoms with Crippen molar-refractivity contribution in [3.05, 3.63) is 59.4 Å². The van der Waals surface area contributed by atoms with Crippen molar-refractivity contribution in [2.75, 3.05) is 47.1 Å². The lowest BCUT2D eigenvalue weighted by atomic mass is 10.0. The first-order valence-electron chi connectivity index (χ1n) is 9.20. The van der Waals surface area contributed by atoms with E-state index in [2.05, 4.69) is 10.2 Å². The van der Waals surface area contributed by atoms with Gasteiger partial charge in [-0.25, -0.2) is 4.39 Å². The second kappa shape index (κ2) is 9.69. The normalized spacial score (nSPS) is 16.1. The molecule has 0 aromatic heterocycles. The van der Waals surface area contributed by atoms with Crippen molar-refractivity contribution >= 4 is 0 Å². The molecule has 1 unspecified atom stereocenters. The Bertz CT molecular complexity index is 735. The number of methoxy groups -OCH3 is 2. The molecule has 1 aliphatic heterocycles. The van der Waals surface area contributed by atoms with Gasteiger partial charge in [0.15, 0.2) is 11.5 Å². The molecule has 1 fully saturated rings. The number of hydrogen-bond donors (Lipinski definition) is 1. The quantitative estimate of drug-likeness (QED) is 0.769. The van der Waals surface area contributed by atoms with Crippen LogP contribution in [0.5, 0.6) is 11.5 Å². The van der Waals surface area contributed by atoms with Gasteiger partial charge in [0.25, 0.3) is 0 Å². The van der Waals surface area contributed by atoms with Crippen LogP contribution in [0.2, 0.25) is 0 Å². The molecule has 0 bridgehead atoms. The first-order valence-corrected chi connectivity index (χ1v) is 9.20. The van der Waals surface area contributed by atoms with Gasteiger partial charge in [0.05, 0.1) is 27.4 Å². The van der Waals surface area contributed by atoms with Crippen molar-refractivity contribution in [1.29, 1.82) is 0 Å². The van der Waals surface area contributed by atoms with Gasteiger partial charge in [-0.3, -0.25) is 4.90 Å². The summed E-state index contributed by atoms with van der Waals surface area (Å²) in [6, 6.07) is 12.8.